The second kappa shape index (κ2) is 9.04. The maximum atomic E-state index is 12.4. The molecule has 1 aliphatic heterocycles. The Kier molecular flexibility index (Phi) is 6.50. The average Bonchev–Trinajstić information content (AvgIpc) is 3.11. The molecule has 0 unspecified atom stereocenters. The SMILES string of the molecule is CCCSCC(=O)N1CCC[C@@H](c2nccn2Cc2ccncc2)C1. The lowest BCUT2D eigenvalue weighted by atomic mass is 9.97. The molecule has 0 saturated carbocycles. The van der Waals surface area contributed by atoms with Crippen LogP contribution in [-0.2, 0) is 11.3 Å². The summed E-state index contributed by atoms with van der Waals surface area (Å²) >= 11 is 1.74. The smallest absolute Gasteiger partial charge is 0.232 e. The van der Waals surface area contributed by atoms with Gasteiger partial charge in [-0.3, -0.25) is 9.78 Å². The zero-order chi connectivity index (χ0) is 17.5. The van der Waals surface area contributed by atoms with E-state index < -0.39 is 0 Å². The van der Waals surface area contributed by atoms with Crippen LogP contribution in [0.25, 0.3) is 0 Å². The van der Waals surface area contributed by atoms with Gasteiger partial charge in [0, 0.05) is 50.3 Å². The Morgan fingerprint density at radius 3 is 2.96 bits per heavy atom. The van der Waals surface area contributed by atoms with Crippen molar-refractivity contribution in [1.29, 1.82) is 0 Å². The molecule has 0 aliphatic carbocycles. The Balaban J connectivity index is 1.64. The van der Waals surface area contributed by atoms with E-state index in [9.17, 15) is 4.79 Å². The Labute approximate surface area is 153 Å². The van der Waals surface area contributed by atoms with Gasteiger partial charge in [-0.25, -0.2) is 4.98 Å². The summed E-state index contributed by atoms with van der Waals surface area (Å²) in [6.45, 7) is 4.62. The molecule has 3 heterocycles. The lowest BCUT2D eigenvalue weighted by Gasteiger charge is -2.32. The number of hydrogen-bond donors (Lipinski definition) is 0. The van der Waals surface area contributed by atoms with Gasteiger partial charge in [0.15, 0.2) is 0 Å². The minimum absolute atomic E-state index is 0.274. The molecule has 0 N–H and O–H groups in total. The van der Waals surface area contributed by atoms with E-state index in [2.05, 4.69) is 21.5 Å². The van der Waals surface area contributed by atoms with Crippen molar-refractivity contribution in [3.05, 3.63) is 48.3 Å². The Morgan fingerprint density at radius 2 is 2.16 bits per heavy atom. The van der Waals surface area contributed by atoms with E-state index >= 15 is 0 Å². The number of imidazole rings is 1. The molecule has 0 aromatic carbocycles. The fraction of sp³-hybridized carbons (Fsp3) is 0.526. The van der Waals surface area contributed by atoms with Crippen LogP contribution >= 0.6 is 11.8 Å². The lowest BCUT2D eigenvalue weighted by Crippen LogP contribution is -2.40. The number of pyridine rings is 1. The van der Waals surface area contributed by atoms with Gasteiger partial charge in [-0.2, -0.15) is 11.8 Å². The van der Waals surface area contributed by atoms with E-state index in [0.29, 0.717) is 11.7 Å². The number of piperidine rings is 1. The number of hydrogen-bond acceptors (Lipinski definition) is 4. The molecule has 5 nitrogen and oxygen atoms in total. The summed E-state index contributed by atoms with van der Waals surface area (Å²) in [7, 11) is 0. The third kappa shape index (κ3) is 4.84. The van der Waals surface area contributed by atoms with Crippen molar-refractivity contribution in [3.8, 4) is 0 Å². The normalized spacial score (nSPS) is 17.6. The van der Waals surface area contributed by atoms with Gasteiger partial charge in [0.2, 0.25) is 5.91 Å². The van der Waals surface area contributed by atoms with E-state index in [1.807, 2.05) is 41.8 Å². The summed E-state index contributed by atoms with van der Waals surface area (Å²) in [4.78, 5) is 23.2. The van der Waals surface area contributed by atoms with Crippen LogP contribution in [0.3, 0.4) is 0 Å². The Bertz CT molecular complexity index is 673. The minimum atomic E-state index is 0.274. The second-order valence-electron chi connectivity index (χ2n) is 6.50. The van der Waals surface area contributed by atoms with Crippen LogP contribution in [0.4, 0.5) is 0 Å². The van der Waals surface area contributed by atoms with Crippen LogP contribution in [-0.4, -0.2) is 49.9 Å². The highest BCUT2D eigenvalue weighted by Gasteiger charge is 2.27. The maximum Gasteiger partial charge on any atom is 0.232 e. The van der Waals surface area contributed by atoms with E-state index in [0.717, 1.165) is 50.5 Å². The molecule has 1 saturated heterocycles. The third-order valence-electron chi connectivity index (χ3n) is 4.56. The number of rotatable bonds is 7. The second-order valence-corrected chi connectivity index (χ2v) is 7.61. The van der Waals surface area contributed by atoms with Gasteiger partial charge in [0.1, 0.15) is 5.82 Å². The molecular weight excluding hydrogens is 332 g/mol. The summed E-state index contributed by atoms with van der Waals surface area (Å²) in [5.74, 6) is 3.35. The summed E-state index contributed by atoms with van der Waals surface area (Å²) in [5, 5.41) is 0. The van der Waals surface area contributed by atoms with Crippen molar-refractivity contribution in [1.82, 2.24) is 19.4 Å². The molecule has 1 atom stereocenters. The molecule has 2 aromatic heterocycles. The highest BCUT2D eigenvalue weighted by molar-refractivity contribution is 7.99. The predicted molar refractivity (Wildman–Crippen MR) is 102 cm³/mol. The van der Waals surface area contributed by atoms with E-state index in [1.54, 1.807) is 11.8 Å². The fourth-order valence-electron chi connectivity index (χ4n) is 3.31. The van der Waals surface area contributed by atoms with E-state index in [4.69, 9.17) is 0 Å². The van der Waals surface area contributed by atoms with Crippen molar-refractivity contribution in [3.63, 3.8) is 0 Å². The van der Waals surface area contributed by atoms with Crippen molar-refractivity contribution >= 4 is 17.7 Å². The fourth-order valence-corrected chi connectivity index (χ4v) is 4.10. The Hall–Kier alpha value is -1.82. The van der Waals surface area contributed by atoms with Gasteiger partial charge in [0.25, 0.3) is 0 Å². The van der Waals surface area contributed by atoms with Gasteiger partial charge >= 0.3 is 0 Å². The highest BCUT2D eigenvalue weighted by Crippen LogP contribution is 2.26. The molecular formula is C19H26N4OS. The number of nitrogens with zero attached hydrogens (tertiary/aromatic N) is 4. The molecule has 1 amide bonds. The molecule has 2 aromatic rings. The summed E-state index contributed by atoms with van der Waals surface area (Å²) in [6, 6.07) is 4.07. The first kappa shape index (κ1) is 18.0. The van der Waals surface area contributed by atoms with Crippen molar-refractivity contribution in [2.75, 3.05) is 24.6 Å². The van der Waals surface area contributed by atoms with Crippen LogP contribution in [0.5, 0.6) is 0 Å². The summed E-state index contributed by atoms with van der Waals surface area (Å²) < 4.78 is 2.21. The molecule has 1 fully saturated rings. The number of likely N-dealkylation sites (tertiary alicyclic amines) is 1. The minimum Gasteiger partial charge on any atom is -0.341 e. The van der Waals surface area contributed by atoms with Crippen LogP contribution < -0.4 is 0 Å². The van der Waals surface area contributed by atoms with Gasteiger partial charge < -0.3 is 9.47 Å². The predicted octanol–water partition coefficient (Wildman–Crippen LogP) is 3.18. The molecule has 1 aliphatic rings. The average molecular weight is 359 g/mol. The van der Waals surface area contributed by atoms with Crippen LogP contribution in [0.2, 0.25) is 0 Å². The standard InChI is InChI=1S/C19H26N4OS/c1-2-12-25-15-18(24)22-10-3-4-17(14-22)19-21-9-11-23(19)13-16-5-7-20-8-6-16/h5-9,11,17H,2-4,10,12-15H2,1H3/t17-/m1/s1. The largest absolute Gasteiger partial charge is 0.341 e. The van der Waals surface area contributed by atoms with Gasteiger partial charge in [0.05, 0.1) is 5.75 Å². The summed E-state index contributed by atoms with van der Waals surface area (Å²) in [5.41, 5.74) is 1.22. The van der Waals surface area contributed by atoms with Crippen molar-refractivity contribution in [2.24, 2.45) is 0 Å². The van der Waals surface area contributed by atoms with Gasteiger partial charge in [-0.15, -0.1) is 0 Å². The monoisotopic (exact) mass is 358 g/mol. The van der Waals surface area contributed by atoms with E-state index in [1.165, 1.54) is 5.56 Å². The maximum absolute atomic E-state index is 12.4. The first-order valence-corrected chi connectivity index (χ1v) is 10.2. The van der Waals surface area contributed by atoms with E-state index in [-0.39, 0.29) is 5.91 Å². The zero-order valence-corrected chi connectivity index (χ0v) is 15.6. The number of carbonyl (C=O) groups excluding carboxylic acids is 1. The molecule has 25 heavy (non-hydrogen) atoms. The van der Waals surface area contributed by atoms with Gasteiger partial charge in [-0.1, -0.05) is 6.92 Å². The lowest BCUT2D eigenvalue weighted by molar-refractivity contribution is -0.129. The molecule has 6 heteroatoms. The number of aromatic nitrogens is 3. The van der Waals surface area contributed by atoms with Gasteiger partial charge in [-0.05, 0) is 42.7 Å². The molecule has 0 radical (unpaired) electrons. The third-order valence-corrected chi connectivity index (χ3v) is 5.71. The quantitative estimate of drug-likeness (QED) is 0.714. The van der Waals surface area contributed by atoms with Crippen molar-refractivity contribution in [2.45, 2.75) is 38.6 Å². The van der Waals surface area contributed by atoms with Crippen LogP contribution in [0.15, 0.2) is 36.9 Å². The molecule has 134 valence electrons. The number of thioether (sulfide) groups is 1. The highest BCUT2D eigenvalue weighted by atomic mass is 32.2. The zero-order valence-electron chi connectivity index (χ0n) is 14.8. The number of amides is 1. The molecule has 0 bridgehead atoms. The Morgan fingerprint density at radius 1 is 1.32 bits per heavy atom. The first-order valence-electron chi connectivity index (χ1n) is 9.03. The summed E-state index contributed by atoms with van der Waals surface area (Å²) in [6.07, 6.45) is 10.8. The first-order chi connectivity index (χ1) is 12.3. The van der Waals surface area contributed by atoms with Crippen molar-refractivity contribution < 1.29 is 4.79 Å². The number of carbonyl (C=O) groups is 1. The molecule has 3 rings (SSSR count). The van der Waals surface area contributed by atoms with Crippen LogP contribution in [0, 0.1) is 0 Å². The molecule has 0 spiro atoms. The topological polar surface area (TPSA) is 51.0 Å². The van der Waals surface area contributed by atoms with Crippen LogP contribution in [0.1, 0.15) is 43.5 Å².